The van der Waals surface area contributed by atoms with Crippen LogP contribution >= 0.6 is 11.6 Å². The quantitative estimate of drug-likeness (QED) is 0.434. The Morgan fingerprint density at radius 2 is 1.88 bits per heavy atom. The molecule has 0 bridgehead atoms. The number of nitrogens with one attached hydrogen (secondary N) is 4. The summed E-state index contributed by atoms with van der Waals surface area (Å²) in [5, 5.41) is 3.52. The SMILES string of the molecule is O=C(CCc1nc2ccc(Cl)cc2[nH]1)NCc1ccc2[nH]c(=O)[nH]c2c1. The molecular weight excluding hydrogens is 354 g/mol. The zero-order valence-corrected chi connectivity index (χ0v) is 14.5. The van der Waals surface area contributed by atoms with Gasteiger partial charge < -0.3 is 20.3 Å². The third-order valence-electron chi connectivity index (χ3n) is 4.15. The Labute approximate surface area is 152 Å². The number of aromatic nitrogens is 4. The topological polar surface area (TPSA) is 106 Å². The minimum atomic E-state index is -0.242. The van der Waals surface area contributed by atoms with E-state index >= 15 is 0 Å². The first kappa shape index (κ1) is 16.4. The van der Waals surface area contributed by atoms with Crippen LogP contribution in [0.3, 0.4) is 0 Å². The normalized spacial score (nSPS) is 11.3. The summed E-state index contributed by atoms with van der Waals surface area (Å²) < 4.78 is 0. The summed E-state index contributed by atoms with van der Waals surface area (Å²) in [6, 6.07) is 11.0. The molecule has 4 aromatic rings. The third kappa shape index (κ3) is 3.48. The van der Waals surface area contributed by atoms with E-state index in [1.54, 1.807) is 6.07 Å². The number of aromatic amines is 3. The molecule has 0 unspecified atom stereocenters. The second-order valence-corrected chi connectivity index (χ2v) is 6.52. The minimum absolute atomic E-state index is 0.0638. The zero-order chi connectivity index (χ0) is 18.1. The number of carbonyl (C=O) groups is 1. The molecule has 0 saturated carbocycles. The van der Waals surface area contributed by atoms with Gasteiger partial charge in [0.2, 0.25) is 5.91 Å². The van der Waals surface area contributed by atoms with Gasteiger partial charge in [-0.1, -0.05) is 17.7 Å². The van der Waals surface area contributed by atoms with Gasteiger partial charge in [0.05, 0.1) is 22.1 Å². The molecule has 2 aromatic heterocycles. The van der Waals surface area contributed by atoms with Crippen LogP contribution in [0.1, 0.15) is 17.8 Å². The van der Waals surface area contributed by atoms with Crippen LogP contribution in [-0.4, -0.2) is 25.8 Å². The summed E-state index contributed by atoms with van der Waals surface area (Å²) in [6.07, 6.45) is 0.846. The molecule has 8 heteroatoms. The maximum Gasteiger partial charge on any atom is 0.323 e. The number of carbonyl (C=O) groups excluding carboxylic acids is 1. The van der Waals surface area contributed by atoms with Gasteiger partial charge in [-0.05, 0) is 35.9 Å². The third-order valence-corrected chi connectivity index (χ3v) is 4.39. The second kappa shape index (κ2) is 6.68. The molecule has 7 nitrogen and oxygen atoms in total. The smallest absolute Gasteiger partial charge is 0.323 e. The largest absolute Gasteiger partial charge is 0.352 e. The van der Waals surface area contributed by atoms with Crippen molar-refractivity contribution >= 4 is 39.6 Å². The lowest BCUT2D eigenvalue weighted by molar-refractivity contribution is -0.121. The van der Waals surface area contributed by atoms with Crippen LogP contribution in [0.15, 0.2) is 41.2 Å². The van der Waals surface area contributed by atoms with E-state index in [1.165, 1.54) is 0 Å². The number of rotatable bonds is 5. The average Bonchev–Trinajstić information content (AvgIpc) is 3.18. The predicted molar refractivity (Wildman–Crippen MR) is 100 cm³/mol. The molecule has 0 aliphatic heterocycles. The molecule has 4 N–H and O–H groups in total. The molecule has 0 spiro atoms. The van der Waals surface area contributed by atoms with Gasteiger partial charge in [-0.15, -0.1) is 0 Å². The van der Waals surface area contributed by atoms with E-state index in [4.69, 9.17) is 11.6 Å². The van der Waals surface area contributed by atoms with Crippen molar-refractivity contribution < 1.29 is 4.79 Å². The van der Waals surface area contributed by atoms with Gasteiger partial charge in [0.15, 0.2) is 0 Å². The van der Waals surface area contributed by atoms with Gasteiger partial charge >= 0.3 is 5.69 Å². The number of halogens is 1. The van der Waals surface area contributed by atoms with Crippen molar-refractivity contribution in [3.05, 3.63) is 63.3 Å². The number of imidazole rings is 2. The van der Waals surface area contributed by atoms with E-state index in [1.807, 2.05) is 30.3 Å². The fraction of sp³-hybridized carbons (Fsp3) is 0.167. The summed E-state index contributed by atoms with van der Waals surface area (Å²) in [5.74, 6) is 0.690. The number of amides is 1. The Morgan fingerprint density at radius 1 is 1.04 bits per heavy atom. The first-order valence-electron chi connectivity index (χ1n) is 8.18. The fourth-order valence-corrected chi connectivity index (χ4v) is 3.04. The second-order valence-electron chi connectivity index (χ2n) is 6.08. The molecule has 26 heavy (non-hydrogen) atoms. The highest BCUT2D eigenvalue weighted by atomic mass is 35.5. The average molecular weight is 370 g/mol. The van der Waals surface area contributed by atoms with Crippen LogP contribution in [0.2, 0.25) is 5.02 Å². The number of hydrogen-bond donors (Lipinski definition) is 4. The lowest BCUT2D eigenvalue weighted by Gasteiger charge is -2.05. The van der Waals surface area contributed by atoms with Gasteiger partial charge in [0.1, 0.15) is 5.82 Å². The fourth-order valence-electron chi connectivity index (χ4n) is 2.86. The molecule has 0 saturated heterocycles. The first-order valence-corrected chi connectivity index (χ1v) is 8.56. The molecule has 0 aliphatic rings. The van der Waals surface area contributed by atoms with E-state index in [2.05, 4.69) is 25.3 Å². The number of aryl methyl sites for hydroxylation is 1. The molecular formula is C18H16ClN5O2. The zero-order valence-electron chi connectivity index (χ0n) is 13.7. The maximum absolute atomic E-state index is 12.1. The van der Waals surface area contributed by atoms with Crippen LogP contribution in [0.5, 0.6) is 0 Å². The van der Waals surface area contributed by atoms with E-state index in [0.717, 1.165) is 33.5 Å². The van der Waals surface area contributed by atoms with Crippen molar-refractivity contribution in [3.8, 4) is 0 Å². The molecule has 0 fully saturated rings. The van der Waals surface area contributed by atoms with Crippen molar-refractivity contribution in [1.29, 1.82) is 0 Å². The van der Waals surface area contributed by atoms with Crippen molar-refractivity contribution in [1.82, 2.24) is 25.3 Å². The van der Waals surface area contributed by atoms with E-state index < -0.39 is 0 Å². The van der Waals surface area contributed by atoms with Crippen LogP contribution in [0, 0.1) is 0 Å². The Balaban J connectivity index is 1.34. The maximum atomic E-state index is 12.1. The number of hydrogen-bond acceptors (Lipinski definition) is 3. The highest BCUT2D eigenvalue weighted by molar-refractivity contribution is 6.31. The Hall–Kier alpha value is -3.06. The summed E-state index contributed by atoms with van der Waals surface area (Å²) in [5.41, 5.74) is 3.84. The minimum Gasteiger partial charge on any atom is -0.352 e. The lowest BCUT2D eigenvalue weighted by Crippen LogP contribution is -2.23. The molecule has 0 aliphatic carbocycles. The van der Waals surface area contributed by atoms with Gasteiger partial charge in [0, 0.05) is 24.4 Å². The number of H-pyrrole nitrogens is 3. The summed E-state index contributed by atoms with van der Waals surface area (Å²) in [7, 11) is 0. The lowest BCUT2D eigenvalue weighted by atomic mass is 10.2. The standard InChI is InChI=1S/C18H16ClN5O2/c19-11-2-4-12-15(8-11)22-16(21-12)5-6-17(25)20-9-10-1-3-13-14(7-10)24-18(26)23-13/h1-4,7-8H,5-6,9H2,(H,20,25)(H,21,22)(H2,23,24,26). The van der Waals surface area contributed by atoms with Gasteiger partial charge in [-0.25, -0.2) is 9.78 Å². The van der Waals surface area contributed by atoms with Crippen LogP contribution in [0.4, 0.5) is 0 Å². The Morgan fingerprint density at radius 3 is 2.77 bits per heavy atom. The highest BCUT2D eigenvalue weighted by Crippen LogP contribution is 2.17. The van der Waals surface area contributed by atoms with Crippen LogP contribution < -0.4 is 11.0 Å². The van der Waals surface area contributed by atoms with E-state index in [0.29, 0.717) is 24.4 Å². The van der Waals surface area contributed by atoms with E-state index in [9.17, 15) is 9.59 Å². The number of nitrogens with zero attached hydrogens (tertiary/aromatic N) is 1. The summed E-state index contributed by atoms with van der Waals surface area (Å²) >= 11 is 5.96. The molecule has 4 rings (SSSR count). The molecule has 1 amide bonds. The van der Waals surface area contributed by atoms with Gasteiger partial charge in [0.25, 0.3) is 0 Å². The molecule has 0 radical (unpaired) electrons. The van der Waals surface area contributed by atoms with Crippen molar-refractivity contribution in [2.75, 3.05) is 0 Å². The molecule has 132 valence electrons. The van der Waals surface area contributed by atoms with Crippen molar-refractivity contribution in [2.45, 2.75) is 19.4 Å². The molecule has 2 heterocycles. The predicted octanol–water partition coefficient (Wildman–Crippen LogP) is 2.63. The van der Waals surface area contributed by atoms with Gasteiger partial charge in [-0.2, -0.15) is 0 Å². The Bertz CT molecular complexity index is 1160. The van der Waals surface area contributed by atoms with Crippen LogP contribution in [-0.2, 0) is 17.8 Å². The van der Waals surface area contributed by atoms with Crippen molar-refractivity contribution in [2.24, 2.45) is 0 Å². The summed E-state index contributed by atoms with van der Waals surface area (Å²) in [4.78, 5) is 36.4. The number of benzene rings is 2. The van der Waals surface area contributed by atoms with Crippen molar-refractivity contribution in [3.63, 3.8) is 0 Å². The molecule has 0 atom stereocenters. The highest BCUT2D eigenvalue weighted by Gasteiger charge is 2.07. The van der Waals surface area contributed by atoms with Gasteiger partial charge in [-0.3, -0.25) is 4.79 Å². The van der Waals surface area contributed by atoms with Crippen LogP contribution in [0.25, 0.3) is 22.1 Å². The molecule has 2 aromatic carbocycles. The summed E-state index contributed by atoms with van der Waals surface area (Å²) in [6.45, 7) is 0.401. The monoisotopic (exact) mass is 369 g/mol. The Kier molecular flexibility index (Phi) is 4.22. The van der Waals surface area contributed by atoms with E-state index in [-0.39, 0.29) is 11.6 Å². The number of fused-ring (bicyclic) bond motifs is 2. The first-order chi connectivity index (χ1) is 12.6.